The second-order valence-corrected chi connectivity index (χ2v) is 9.28. The lowest BCUT2D eigenvalue weighted by atomic mass is 10.1. The van der Waals surface area contributed by atoms with Gasteiger partial charge in [-0.25, -0.2) is 8.42 Å². The molecule has 0 aromatic heterocycles. The Morgan fingerprint density at radius 3 is 2.44 bits per heavy atom. The van der Waals surface area contributed by atoms with Gasteiger partial charge in [0, 0.05) is 18.2 Å². The lowest BCUT2D eigenvalue weighted by Crippen LogP contribution is -2.38. The minimum absolute atomic E-state index is 0.0275. The number of non-ortho nitro benzene ring substituents is 1. The number of aryl methyl sites for hydroxylation is 1. The van der Waals surface area contributed by atoms with E-state index in [1.807, 2.05) is 13.8 Å². The molecule has 11 heteroatoms. The maximum atomic E-state index is 12.7. The van der Waals surface area contributed by atoms with E-state index in [9.17, 15) is 28.1 Å². The number of hydrogen-bond acceptors (Lipinski definition) is 6. The number of para-hydroxylation sites is 1. The molecule has 2 aromatic rings. The number of benzene rings is 2. The van der Waals surface area contributed by atoms with E-state index in [-0.39, 0.29) is 34.6 Å². The third kappa shape index (κ3) is 6.27. The molecule has 1 unspecified atom stereocenters. The quantitative estimate of drug-likeness (QED) is 0.434. The predicted molar refractivity (Wildman–Crippen MR) is 122 cm³/mol. The maximum absolute atomic E-state index is 12.7. The lowest BCUT2D eigenvalue weighted by Gasteiger charge is -2.23. The van der Waals surface area contributed by atoms with Gasteiger partial charge in [0.05, 0.1) is 28.1 Å². The second-order valence-electron chi connectivity index (χ2n) is 7.37. The summed E-state index contributed by atoms with van der Waals surface area (Å²) in [6, 6.07) is 10.1. The van der Waals surface area contributed by atoms with E-state index >= 15 is 0 Å². The van der Waals surface area contributed by atoms with Gasteiger partial charge in [-0.1, -0.05) is 25.1 Å². The fraction of sp³-hybridized carbons (Fsp3) is 0.333. The Balaban J connectivity index is 2.32. The van der Waals surface area contributed by atoms with Gasteiger partial charge < -0.3 is 10.6 Å². The van der Waals surface area contributed by atoms with Gasteiger partial charge in [0.1, 0.15) is 6.54 Å². The minimum Gasteiger partial charge on any atom is -0.350 e. The highest BCUT2D eigenvalue weighted by atomic mass is 32.2. The van der Waals surface area contributed by atoms with Crippen LogP contribution in [-0.2, 0) is 14.8 Å². The van der Waals surface area contributed by atoms with Crippen LogP contribution < -0.4 is 14.9 Å². The smallest absolute Gasteiger partial charge is 0.271 e. The first-order valence-electron chi connectivity index (χ1n) is 9.86. The molecule has 0 radical (unpaired) electrons. The molecule has 32 heavy (non-hydrogen) atoms. The number of carbonyl (C=O) groups is 2. The van der Waals surface area contributed by atoms with E-state index in [1.54, 1.807) is 25.1 Å². The number of amides is 2. The van der Waals surface area contributed by atoms with Gasteiger partial charge in [0.15, 0.2) is 0 Å². The largest absolute Gasteiger partial charge is 0.350 e. The van der Waals surface area contributed by atoms with Crippen LogP contribution in [0.1, 0.15) is 36.2 Å². The number of anilines is 2. The fourth-order valence-electron chi connectivity index (χ4n) is 2.88. The van der Waals surface area contributed by atoms with Gasteiger partial charge in [0.25, 0.3) is 11.6 Å². The molecule has 0 heterocycles. The van der Waals surface area contributed by atoms with E-state index in [1.165, 1.54) is 18.2 Å². The first kappa shape index (κ1) is 24.8. The Labute approximate surface area is 186 Å². The average molecular weight is 463 g/mol. The predicted octanol–water partition coefficient (Wildman–Crippen LogP) is 2.84. The van der Waals surface area contributed by atoms with Crippen molar-refractivity contribution in [1.82, 2.24) is 5.32 Å². The molecule has 0 aliphatic carbocycles. The summed E-state index contributed by atoms with van der Waals surface area (Å²) in [5, 5.41) is 16.5. The summed E-state index contributed by atoms with van der Waals surface area (Å²) in [5.41, 5.74) is 0.634. The molecule has 0 saturated heterocycles. The molecular formula is C21H26N4O6S. The molecule has 2 rings (SSSR count). The lowest BCUT2D eigenvalue weighted by molar-refractivity contribution is -0.384. The monoisotopic (exact) mass is 462 g/mol. The van der Waals surface area contributed by atoms with Crippen molar-refractivity contribution in [2.24, 2.45) is 0 Å². The Hall–Kier alpha value is -3.47. The molecule has 172 valence electrons. The number of carbonyl (C=O) groups excluding carboxylic acids is 2. The van der Waals surface area contributed by atoms with Crippen LogP contribution in [0.25, 0.3) is 0 Å². The molecule has 10 nitrogen and oxygen atoms in total. The van der Waals surface area contributed by atoms with Crippen LogP contribution in [0.2, 0.25) is 0 Å². The third-order valence-electron chi connectivity index (χ3n) is 4.80. The van der Waals surface area contributed by atoms with Crippen LogP contribution in [0, 0.1) is 17.0 Å². The number of rotatable bonds is 9. The summed E-state index contributed by atoms with van der Waals surface area (Å²) in [5.74, 6) is -1.07. The van der Waals surface area contributed by atoms with Gasteiger partial charge in [-0.05, 0) is 38.0 Å². The highest BCUT2D eigenvalue weighted by molar-refractivity contribution is 7.92. The average Bonchev–Trinajstić information content (AvgIpc) is 2.71. The van der Waals surface area contributed by atoms with E-state index in [2.05, 4.69) is 10.6 Å². The zero-order valence-corrected chi connectivity index (χ0v) is 19.1. The van der Waals surface area contributed by atoms with Gasteiger partial charge >= 0.3 is 0 Å². The summed E-state index contributed by atoms with van der Waals surface area (Å²) >= 11 is 0. The summed E-state index contributed by atoms with van der Waals surface area (Å²) in [6.45, 7) is 4.74. The summed E-state index contributed by atoms with van der Waals surface area (Å²) in [4.78, 5) is 35.8. The van der Waals surface area contributed by atoms with Crippen molar-refractivity contribution < 1.29 is 22.9 Å². The SMILES string of the molecule is CCC(C)NC(=O)c1ccccc1NC(=O)CN(c1cc([N+](=O)[O-])ccc1C)S(C)(=O)=O. The highest BCUT2D eigenvalue weighted by Gasteiger charge is 2.25. The topological polar surface area (TPSA) is 139 Å². The molecule has 0 saturated carbocycles. The van der Waals surface area contributed by atoms with Crippen LogP contribution in [0.5, 0.6) is 0 Å². The van der Waals surface area contributed by atoms with Crippen molar-refractivity contribution in [3.8, 4) is 0 Å². The van der Waals surface area contributed by atoms with E-state index in [0.717, 1.165) is 23.0 Å². The maximum Gasteiger partial charge on any atom is 0.271 e. The van der Waals surface area contributed by atoms with E-state index in [4.69, 9.17) is 0 Å². The van der Waals surface area contributed by atoms with E-state index in [0.29, 0.717) is 5.56 Å². The van der Waals surface area contributed by atoms with Crippen LogP contribution in [0.15, 0.2) is 42.5 Å². The van der Waals surface area contributed by atoms with Gasteiger partial charge in [-0.15, -0.1) is 0 Å². The number of nitro groups is 1. The van der Waals surface area contributed by atoms with Gasteiger partial charge in [0.2, 0.25) is 15.9 Å². The van der Waals surface area contributed by atoms with Crippen molar-refractivity contribution in [3.05, 3.63) is 63.7 Å². The Kier molecular flexibility index (Phi) is 7.92. The van der Waals surface area contributed by atoms with Crippen LogP contribution >= 0.6 is 0 Å². The first-order chi connectivity index (χ1) is 14.9. The van der Waals surface area contributed by atoms with Gasteiger partial charge in [-0.2, -0.15) is 0 Å². The zero-order chi connectivity index (χ0) is 24.1. The number of nitrogens with zero attached hydrogens (tertiary/aromatic N) is 2. The third-order valence-corrected chi connectivity index (χ3v) is 5.92. The minimum atomic E-state index is -3.95. The number of nitrogens with one attached hydrogen (secondary N) is 2. The zero-order valence-electron chi connectivity index (χ0n) is 18.3. The molecule has 0 aliphatic rings. The molecule has 2 amide bonds. The van der Waals surface area contributed by atoms with Crippen LogP contribution in [-0.4, -0.2) is 44.0 Å². The van der Waals surface area contributed by atoms with E-state index < -0.39 is 27.4 Å². The molecule has 2 aromatic carbocycles. The summed E-state index contributed by atoms with van der Waals surface area (Å²) in [7, 11) is -3.95. The molecule has 0 aliphatic heterocycles. The fourth-order valence-corrected chi connectivity index (χ4v) is 3.78. The van der Waals surface area contributed by atoms with Crippen molar-refractivity contribution >= 4 is 38.9 Å². The number of nitro benzene ring substituents is 1. The summed E-state index contributed by atoms with van der Waals surface area (Å²) < 4.78 is 25.6. The van der Waals surface area contributed by atoms with Crippen molar-refractivity contribution in [3.63, 3.8) is 0 Å². The molecule has 0 spiro atoms. The standard InChI is InChI=1S/C21H26N4O6S/c1-5-15(3)22-21(27)17-8-6-7-9-18(17)23-20(26)13-24(32(4,30)31)19-12-16(25(28)29)11-10-14(19)2/h6-12,15H,5,13H2,1-4H3,(H,22,27)(H,23,26). The number of sulfonamides is 1. The summed E-state index contributed by atoms with van der Waals surface area (Å²) in [6.07, 6.45) is 1.64. The Morgan fingerprint density at radius 2 is 1.84 bits per heavy atom. The molecule has 1 atom stereocenters. The van der Waals surface area contributed by atoms with Crippen molar-refractivity contribution in [2.75, 3.05) is 22.4 Å². The molecule has 0 bridgehead atoms. The highest BCUT2D eigenvalue weighted by Crippen LogP contribution is 2.27. The first-order valence-corrected chi connectivity index (χ1v) is 11.7. The van der Waals surface area contributed by atoms with Crippen molar-refractivity contribution in [1.29, 1.82) is 0 Å². The molecule has 2 N–H and O–H groups in total. The number of hydrogen-bond donors (Lipinski definition) is 2. The molecule has 0 fully saturated rings. The Bertz CT molecular complexity index is 1130. The molecular weight excluding hydrogens is 436 g/mol. The van der Waals surface area contributed by atoms with Gasteiger partial charge in [-0.3, -0.25) is 24.0 Å². The van der Waals surface area contributed by atoms with Crippen molar-refractivity contribution in [2.45, 2.75) is 33.2 Å². The van der Waals surface area contributed by atoms with Crippen LogP contribution in [0.4, 0.5) is 17.1 Å². The second kappa shape index (κ2) is 10.2. The van der Waals surface area contributed by atoms with Crippen LogP contribution in [0.3, 0.4) is 0 Å². The Morgan fingerprint density at radius 1 is 1.19 bits per heavy atom. The normalized spacial score (nSPS) is 12.0.